The summed E-state index contributed by atoms with van der Waals surface area (Å²) in [6.45, 7) is 2.48. The first-order valence-corrected chi connectivity index (χ1v) is 8.63. The Labute approximate surface area is 131 Å². The van der Waals surface area contributed by atoms with Crippen molar-refractivity contribution in [3.63, 3.8) is 0 Å². The third-order valence-electron chi connectivity index (χ3n) is 3.19. The highest BCUT2D eigenvalue weighted by Crippen LogP contribution is 2.22. The van der Waals surface area contributed by atoms with E-state index in [1.54, 1.807) is 18.4 Å². The highest BCUT2D eigenvalue weighted by atomic mass is 35.5. The van der Waals surface area contributed by atoms with Gasteiger partial charge in [-0.1, -0.05) is 17.7 Å². The van der Waals surface area contributed by atoms with Crippen LogP contribution >= 0.6 is 11.6 Å². The summed E-state index contributed by atoms with van der Waals surface area (Å²) in [6.07, 6.45) is 1.65. The average molecular weight is 326 g/mol. The number of hydrogen-bond acceptors (Lipinski definition) is 2. The second-order valence-corrected chi connectivity index (χ2v) is 6.79. The van der Waals surface area contributed by atoms with Crippen LogP contribution in [0.3, 0.4) is 0 Å². The van der Waals surface area contributed by atoms with Crippen molar-refractivity contribution in [1.82, 2.24) is 0 Å². The zero-order chi connectivity index (χ0) is 15.4. The van der Waals surface area contributed by atoms with Gasteiger partial charge in [-0.3, -0.25) is 4.21 Å². The Morgan fingerprint density at radius 2 is 1.95 bits per heavy atom. The van der Waals surface area contributed by atoms with Crippen LogP contribution in [0.25, 0.3) is 0 Å². The van der Waals surface area contributed by atoms with E-state index in [4.69, 9.17) is 11.6 Å². The lowest BCUT2D eigenvalue weighted by atomic mass is 10.1. The van der Waals surface area contributed by atoms with Gasteiger partial charge in [-0.25, -0.2) is 4.39 Å². The van der Waals surface area contributed by atoms with Crippen LogP contribution in [0, 0.1) is 12.7 Å². The van der Waals surface area contributed by atoms with Crippen LogP contribution in [0.5, 0.6) is 0 Å². The molecule has 112 valence electrons. The van der Waals surface area contributed by atoms with Crippen LogP contribution < -0.4 is 5.32 Å². The van der Waals surface area contributed by atoms with Crippen molar-refractivity contribution >= 4 is 28.1 Å². The van der Waals surface area contributed by atoms with Crippen LogP contribution in [-0.4, -0.2) is 10.5 Å². The van der Waals surface area contributed by atoms with Gasteiger partial charge in [-0.2, -0.15) is 0 Å². The summed E-state index contributed by atoms with van der Waals surface area (Å²) < 4.78 is 24.4. The van der Waals surface area contributed by atoms with E-state index in [-0.39, 0.29) is 5.82 Å². The predicted molar refractivity (Wildman–Crippen MR) is 87.7 cm³/mol. The summed E-state index contributed by atoms with van der Waals surface area (Å²) in [5.41, 5.74) is 3.71. The second-order valence-electron chi connectivity index (χ2n) is 4.95. The molecule has 2 aromatic carbocycles. The number of anilines is 1. The van der Waals surface area contributed by atoms with E-state index in [1.807, 2.05) is 19.1 Å². The molecule has 0 aliphatic rings. The maximum absolute atomic E-state index is 13.1. The lowest BCUT2D eigenvalue weighted by Gasteiger charge is -2.11. The maximum atomic E-state index is 13.1. The molecule has 0 aromatic heterocycles. The summed E-state index contributed by atoms with van der Waals surface area (Å²) in [5.74, 6) is 0.208. The molecule has 0 aliphatic carbocycles. The number of rotatable bonds is 5. The zero-order valence-corrected chi connectivity index (χ0v) is 13.5. The van der Waals surface area contributed by atoms with Gasteiger partial charge in [-0.15, -0.1) is 0 Å². The molecule has 0 amide bonds. The van der Waals surface area contributed by atoms with Gasteiger partial charge in [0.1, 0.15) is 5.82 Å². The van der Waals surface area contributed by atoms with Crippen LogP contribution in [0.4, 0.5) is 10.1 Å². The first-order valence-electron chi connectivity index (χ1n) is 6.53. The van der Waals surface area contributed by atoms with Gasteiger partial charge in [-0.05, 0) is 53.9 Å². The fourth-order valence-corrected chi connectivity index (χ4v) is 3.01. The molecular formula is C16H17ClFNOS. The van der Waals surface area contributed by atoms with Gasteiger partial charge in [0.2, 0.25) is 0 Å². The van der Waals surface area contributed by atoms with Gasteiger partial charge >= 0.3 is 0 Å². The van der Waals surface area contributed by atoms with Crippen molar-refractivity contribution < 1.29 is 8.60 Å². The second kappa shape index (κ2) is 7.05. The monoisotopic (exact) mass is 325 g/mol. The van der Waals surface area contributed by atoms with Gasteiger partial charge in [0.05, 0.1) is 0 Å². The Kier molecular flexibility index (Phi) is 5.37. The molecule has 0 saturated carbocycles. The van der Waals surface area contributed by atoms with E-state index in [0.717, 1.165) is 22.4 Å². The summed E-state index contributed by atoms with van der Waals surface area (Å²) >= 11 is 6.10. The fourth-order valence-electron chi connectivity index (χ4n) is 2.07. The van der Waals surface area contributed by atoms with Crippen molar-refractivity contribution in [3.8, 4) is 0 Å². The number of nitrogens with one attached hydrogen (secondary N) is 1. The van der Waals surface area contributed by atoms with Crippen LogP contribution in [-0.2, 0) is 23.1 Å². The molecular weight excluding hydrogens is 309 g/mol. The Morgan fingerprint density at radius 3 is 2.62 bits per heavy atom. The Bertz CT molecular complexity index is 675. The molecule has 2 nitrogen and oxygen atoms in total. The predicted octanol–water partition coefficient (Wildman–Crippen LogP) is 4.28. The van der Waals surface area contributed by atoms with Crippen LogP contribution in [0.2, 0.25) is 5.02 Å². The minimum atomic E-state index is -0.935. The largest absolute Gasteiger partial charge is 0.381 e. The molecule has 2 rings (SSSR count). The molecule has 0 aliphatic heterocycles. The van der Waals surface area contributed by atoms with Crippen LogP contribution in [0.15, 0.2) is 36.4 Å². The molecule has 2 aromatic rings. The molecule has 5 heteroatoms. The molecule has 0 saturated heterocycles. The summed E-state index contributed by atoms with van der Waals surface area (Å²) in [5, 5.41) is 3.90. The molecule has 1 N–H and O–H groups in total. The maximum Gasteiger partial charge on any atom is 0.123 e. The topological polar surface area (TPSA) is 29.1 Å². The Morgan fingerprint density at radius 1 is 1.19 bits per heavy atom. The zero-order valence-electron chi connectivity index (χ0n) is 12.0. The molecule has 0 heterocycles. The first kappa shape index (κ1) is 16.0. The SMILES string of the molecule is Cc1cc(F)ccc1CNc1ccc(Cl)c(C[S@](C)=O)c1. The quantitative estimate of drug-likeness (QED) is 0.889. The molecule has 21 heavy (non-hydrogen) atoms. The van der Waals surface area contributed by atoms with E-state index in [9.17, 15) is 8.60 Å². The third kappa shape index (κ3) is 4.55. The summed E-state index contributed by atoms with van der Waals surface area (Å²) in [7, 11) is -0.935. The average Bonchev–Trinajstić information content (AvgIpc) is 2.40. The van der Waals surface area contributed by atoms with Crippen molar-refractivity contribution in [2.75, 3.05) is 11.6 Å². The summed E-state index contributed by atoms with van der Waals surface area (Å²) in [4.78, 5) is 0. The first-order chi connectivity index (χ1) is 9.95. The molecule has 0 spiro atoms. The van der Waals surface area contributed by atoms with Crippen LogP contribution in [0.1, 0.15) is 16.7 Å². The molecule has 1 atom stereocenters. The van der Waals surface area contributed by atoms with E-state index >= 15 is 0 Å². The smallest absolute Gasteiger partial charge is 0.123 e. The van der Waals surface area contributed by atoms with E-state index in [2.05, 4.69) is 5.32 Å². The highest BCUT2D eigenvalue weighted by Gasteiger charge is 2.05. The van der Waals surface area contributed by atoms with Crippen molar-refractivity contribution in [2.45, 2.75) is 19.2 Å². The van der Waals surface area contributed by atoms with Gasteiger partial charge in [0.25, 0.3) is 0 Å². The molecule has 0 bridgehead atoms. The number of halogens is 2. The lowest BCUT2D eigenvalue weighted by Crippen LogP contribution is -2.03. The normalized spacial score (nSPS) is 12.2. The van der Waals surface area contributed by atoms with Crippen molar-refractivity contribution in [1.29, 1.82) is 0 Å². The highest BCUT2D eigenvalue weighted by molar-refractivity contribution is 7.83. The Hall–Kier alpha value is -1.39. The van der Waals surface area contributed by atoms with Gasteiger partial charge in [0.15, 0.2) is 0 Å². The minimum Gasteiger partial charge on any atom is -0.381 e. The van der Waals surface area contributed by atoms with Gasteiger partial charge < -0.3 is 5.32 Å². The summed E-state index contributed by atoms with van der Waals surface area (Å²) in [6, 6.07) is 10.3. The van der Waals surface area contributed by atoms with Crippen molar-refractivity contribution in [3.05, 3.63) is 63.9 Å². The fraction of sp³-hybridized carbons (Fsp3) is 0.250. The molecule has 0 unspecified atom stereocenters. The van der Waals surface area contributed by atoms with E-state index in [1.165, 1.54) is 12.1 Å². The number of benzene rings is 2. The molecule has 0 fully saturated rings. The van der Waals surface area contributed by atoms with Crippen molar-refractivity contribution in [2.24, 2.45) is 0 Å². The third-order valence-corrected chi connectivity index (χ3v) is 4.28. The Balaban J connectivity index is 2.11. The number of aryl methyl sites for hydroxylation is 1. The van der Waals surface area contributed by atoms with E-state index in [0.29, 0.717) is 17.3 Å². The van der Waals surface area contributed by atoms with E-state index < -0.39 is 10.8 Å². The minimum absolute atomic E-state index is 0.226. The van der Waals surface area contributed by atoms with Gasteiger partial charge in [0, 0.05) is 40.1 Å². The standard InChI is InChI=1S/C16H17ClFNOS/c1-11-7-14(18)4-3-12(11)9-19-15-5-6-16(17)13(8-15)10-21(2)20/h3-8,19H,9-10H2,1-2H3/t21-/m0/s1. The molecule has 0 radical (unpaired) electrons. The lowest BCUT2D eigenvalue weighted by molar-refractivity contribution is 0.625. The number of hydrogen-bond donors (Lipinski definition) is 1.